The fourth-order valence-electron chi connectivity index (χ4n) is 3.34. The molecule has 0 saturated carbocycles. The van der Waals surface area contributed by atoms with Crippen LogP contribution in [0, 0.1) is 5.82 Å². The van der Waals surface area contributed by atoms with Crippen molar-refractivity contribution in [1.29, 1.82) is 0 Å². The molecule has 5 heteroatoms. The number of halogens is 1. The number of aromatic nitrogens is 1. The highest BCUT2D eigenvalue weighted by atomic mass is 19.1. The van der Waals surface area contributed by atoms with E-state index in [1.807, 2.05) is 47.4 Å². The van der Waals surface area contributed by atoms with Gasteiger partial charge in [0.2, 0.25) is 0 Å². The number of nitrogens with zero attached hydrogens (tertiary/aromatic N) is 2. The first-order chi connectivity index (χ1) is 12.2. The van der Waals surface area contributed by atoms with Crippen LogP contribution in [0.4, 0.5) is 4.39 Å². The van der Waals surface area contributed by atoms with E-state index in [1.165, 1.54) is 6.07 Å². The number of aromatic amines is 1. The van der Waals surface area contributed by atoms with E-state index in [-0.39, 0.29) is 11.7 Å². The van der Waals surface area contributed by atoms with Crippen LogP contribution in [0.5, 0.6) is 0 Å². The number of benzene rings is 2. The lowest BCUT2D eigenvalue weighted by molar-refractivity contribution is 0.0622. The third kappa shape index (κ3) is 3.28. The topological polar surface area (TPSA) is 39.3 Å². The lowest BCUT2D eigenvalue weighted by Gasteiger charge is -2.34. The Labute approximate surface area is 145 Å². The highest BCUT2D eigenvalue weighted by molar-refractivity contribution is 5.98. The van der Waals surface area contributed by atoms with Gasteiger partial charge < -0.3 is 9.88 Å². The summed E-state index contributed by atoms with van der Waals surface area (Å²) in [4.78, 5) is 20.0. The summed E-state index contributed by atoms with van der Waals surface area (Å²) < 4.78 is 13.8. The normalized spacial score (nSPS) is 15.6. The molecule has 1 aliphatic rings. The Morgan fingerprint density at radius 2 is 1.72 bits per heavy atom. The van der Waals surface area contributed by atoms with Crippen molar-refractivity contribution in [3.63, 3.8) is 0 Å². The summed E-state index contributed by atoms with van der Waals surface area (Å²) in [5, 5.41) is 1.05. The summed E-state index contributed by atoms with van der Waals surface area (Å²) >= 11 is 0. The average Bonchev–Trinajstić information content (AvgIpc) is 3.08. The maximum atomic E-state index is 13.8. The zero-order valence-electron chi connectivity index (χ0n) is 13.9. The van der Waals surface area contributed by atoms with Gasteiger partial charge in [0.05, 0.1) is 0 Å². The number of hydrogen-bond acceptors (Lipinski definition) is 2. The number of piperazine rings is 1. The van der Waals surface area contributed by atoms with Crippen LogP contribution < -0.4 is 0 Å². The molecule has 1 N–H and O–H groups in total. The number of nitrogens with one attached hydrogen (secondary N) is 1. The van der Waals surface area contributed by atoms with E-state index in [4.69, 9.17) is 0 Å². The van der Waals surface area contributed by atoms with Crippen LogP contribution in [0.25, 0.3) is 10.9 Å². The van der Waals surface area contributed by atoms with E-state index < -0.39 is 0 Å². The van der Waals surface area contributed by atoms with Crippen LogP contribution in [0.1, 0.15) is 16.1 Å². The summed E-state index contributed by atoms with van der Waals surface area (Å²) in [7, 11) is 0. The minimum atomic E-state index is -0.168. The van der Waals surface area contributed by atoms with Crippen molar-refractivity contribution in [1.82, 2.24) is 14.8 Å². The summed E-state index contributed by atoms with van der Waals surface area (Å²) in [5.74, 6) is -0.138. The minimum absolute atomic E-state index is 0.0294. The summed E-state index contributed by atoms with van der Waals surface area (Å²) in [6.07, 6.45) is 0. The highest BCUT2D eigenvalue weighted by Gasteiger charge is 2.23. The molecule has 2 heterocycles. The van der Waals surface area contributed by atoms with Gasteiger partial charge in [-0.2, -0.15) is 0 Å². The van der Waals surface area contributed by atoms with Crippen molar-refractivity contribution in [2.75, 3.05) is 26.2 Å². The van der Waals surface area contributed by atoms with E-state index in [2.05, 4.69) is 9.88 Å². The zero-order valence-corrected chi connectivity index (χ0v) is 13.9. The van der Waals surface area contributed by atoms with Gasteiger partial charge >= 0.3 is 0 Å². The van der Waals surface area contributed by atoms with Gasteiger partial charge in [0.25, 0.3) is 5.91 Å². The van der Waals surface area contributed by atoms with Gasteiger partial charge in [-0.25, -0.2) is 4.39 Å². The molecule has 128 valence electrons. The van der Waals surface area contributed by atoms with E-state index in [0.717, 1.165) is 24.0 Å². The number of para-hydroxylation sites is 1. The first kappa shape index (κ1) is 15.8. The molecule has 1 saturated heterocycles. The molecule has 3 aromatic rings. The number of carbonyl (C=O) groups excluding carboxylic acids is 1. The Bertz CT molecular complexity index is 864. The molecule has 0 aliphatic carbocycles. The maximum Gasteiger partial charge on any atom is 0.270 e. The van der Waals surface area contributed by atoms with Gasteiger partial charge in [-0.3, -0.25) is 9.69 Å². The van der Waals surface area contributed by atoms with Crippen LogP contribution in [0.2, 0.25) is 0 Å². The Kier molecular flexibility index (Phi) is 4.24. The number of fused-ring (bicyclic) bond motifs is 1. The SMILES string of the molecule is O=C(c1cc2ccccc2[nH]1)N1CCN(Cc2ccccc2F)CC1. The molecule has 4 nitrogen and oxygen atoms in total. The van der Waals surface area contributed by atoms with Gasteiger partial charge in [0.15, 0.2) is 0 Å². The van der Waals surface area contributed by atoms with Gasteiger partial charge in [-0.1, -0.05) is 36.4 Å². The second kappa shape index (κ2) is 6.69. The molecule has 0 radical (unpaired) electrons. The van der Waals surface area contributed by atoms with E-state index in [9.17, 15) is 9.18 Å². The minimum Gasteiger partial charge on any atom is -0.351 e. The third-order valence-electron chi connectivity index (χ3n) is 4.77. The maximum absolute atomic E-state index is 13.8. The number of hydrogen-bond donors (Lipinski definition) is 1. The van der Waals surface area contributed by atoms with E-state index in [0.29, 0.717) is 30.9 Å². The molecule has 1 aromatic heterocycles. The monoisotopic (exact) mass is 337 g/mol. The molecule has 0 bridgehead atoms. The number of rotatable bonds is 3. The number of amides is 1. The molecule has 1 amide bonds. The molecule has 1 fully saturated rings. The molecular formula is C20H20FN3O. The Balaban J connectivity index is 1.39. The lowest BCUT2D eigenvalue weighted by atomic mass is 10.2. The fraction of sp³-hybridized carbons (Fsp3) is 0.250. The van der Waals surface area contributed by atoms with Crippen molar-refractivity contribution in [2.24, 2.45) is 0 Å². The molecular weight excluding hydrogens is 317 g/mol. The van der Waals surface area contributed by atoms with Crippen molar-refractivity contribution in [2.45, 2.75) is 6.54 Å². The molecule has 25 heavy (non-hydrogen) atoms. The second-order valence-corrected chi connectivity index (χ2v) is 6.43. The van der Waals surface area contributed by atoms with E-state index >= 15 is 0 Å². The smallest absolute Gasteiger partial charge is 0.270 e. The summed E-state index contributed by atoms with van der Waals surface area (Å²) in [5.41, 5.74) is 2.31. The number of H-pyrrole nitrogens is 1. The Hall–Kier alpha value is -2.66. The van der Waals surface area contributed by atoms with Crippen LogP contribution in [-0.4, -0.2) is 46.9 Å². The molecule has 1 aliphatic heterocycles. The summed E-state index contributed by atoms with van der Waals surface area (Å²) in [6.45, 7) is 3.40. The molecule has 4 rings (SSSR count). The standard InChI is InChI=1S/C20H20FN3O/c21-17-7-3-1-6-16(17)14-23-9-11-24(12-10-23)20(25)19-13-15-5-2-4-8-18(15)22-19/h1-8,13,22H,9-12,14H2. The fourth-order valence-corrected chi connectivity index (χ4v) is 3.34. The molecule has 0 unspecified atom stereocenters. The Morgan fingerprint density at radius 3 is 2.48 bits per heavy atom. The number of carbonyl (C=O) groups is 1. The average molecular weight is 337 g/mol. The zero-order chi connectivity index (χ0) is 17.2. The lowest BCUT2D eigenvalue weighted by Crippen LogP contribution is -2.48. The molecule has 2 aromatic carbocycles. The van der Waals surface area contributed by atoms with Gasteiger partial charge in [0, 0.05) is 49.2 Å². The largest absolute Gasteiger partial charge is 0.351 e. The van der Waals surface area contributed by atoms with Gasteiger partial charge in [0.1, 0.15) is 11.5 Å². The second-order valence-electron chi connectivity index (χ2n) is 6.43. The first-order valence-corrected chi connectivity index (χ1v) is 8.53. The van der Waals surface area contributed by atoms with Crippen LogP contribution in [-0.2, 0) is 6.54 Å². The predicted octanol–water partition coefficient (Wildman–Crippen LogP) is 3.27. The summed E-state index contributed by atoms with van der Waals surface area (Å²) in [6, 6.07) is 16.7. The molecule has 0 spiro atoms. The first-order valence-electron chi connectivity index (χ1n) is 8.53. The Morgan fingerprint density at radius 1 is 1.00 bits per heavy atom. The van der Waals surface area contributed by atoms with Crippen LogP contribution >= 0.6 is 0 Å². The highest BCUT2D eigenvalue weighted by Crippen LogP contribution is 2.17. The predicted molar refractivity (Wildman–Crippen MR) is 95.9 cm³/mol. The van der Waals surface area contributed by atoms with Gasteiger partial charge in [-0.05, 0) is 18.2 Å². The van der Waals surface area contributed by atoms with Crippen molar-refractivity contribution in [3.8, 4) is 0 Å². The van der Waals surface area contributed by atoms with Crippen molar-refractivity contribution in [3.05, 3.63) is 71.7 Å². The van der Waals surface area contributed by atoms with Gasteiger partial charge in [-0.15, -0.1) is 0 Å². The quantitative estimate of drug-likeness (QED) is 0.797. The van der Waals surface area contributed by atoms with Crippen LogP contribution in [0.15, 0.2) is 54.6 Å². The van der Waals surface area contributed by atoms with Crippen molar-refractivity contribution >= 4 is 16.8 Å². The third-order valence-corrected chi connectivity index (χ3v) is 4.77. The molecule has 0 atom stereocenters. The van der Waals surface area contributed by atoms with Crippen LogP contribution in [0.3, 0.4) is 0 Å². The van der Waals surface area contributed by atoms with E-state index in [1.54, 1.807) is 6.07 Å². The van der Waals surface area contributed by atoms with Crippen molar-refractivity contribution < 1.29 is 9.18 Å².